The van der Waals surface area contributed by atoms with Crippen molar-refractivity contribution < 1.29 is 9.59 Å². The molecule has 5 heteroatoms. The first-order valence-electron chi connectivity index (χ1n) is 13.0. The van der Waals surface area contributed by atoms with Gasteiger partial charge >= 0.3 is 0 Å². The number of hydrogen-bond donors (Lipinski definition) is 1. The molecule has 0 spiro atoms. The highest BCUT2D eigenvalue weighted by Gasteiger charge is 2.21. The lowest BCUT2D eigenvalue weighted by atomic mass is 9.99. The second-order valence-corrected chi connectivity index (χ2v) is 9.59. The highest BCUT2D eigenvalue weighted by molar-refractivity contribution is 6.08. The van der Waals surface area contributed by atoms with E-state index >= 15 is 0 Å². The van der Waals surface area contributed by atoms with Gasteiger partial charge in [0.2, 0.25) is 0 Å². The summed E-state index contributed by atoms with van der Waals surface area (Å²) >= 11 is 0. The largest absolute Gasteiger partial charge is 0.375 e. The highest BCUT2D eigenvalue weighted by atomic mass is 16.1. The van der Waals surface area contributed by atoms with Crippen molar-refractivity contribution in [1.82, 2.24) is 4.90 Å². The summed E-state index contributed by atoms with van der Waals surface area (Å²) in [4.78, 5) is 29.7. The van der Waals surface area contributed by atoms with Crippen LogP contribution < -0.4 is 10.2 Å². The van der Waals surface area contributed by atoms with Gasteiger partial charge in [0, 0.05) is 37.1 Å². The Balaban J connectivity index is 1.33. The number of anilines is 2. The molecule has 1 N–H and O–H groups in total. The SMILES string of the molecule is CC(=O)C(c1ccccc1)N(C)CCCN(C)c1ccc(NC(=O)c2ccccc2-c2ccccc2)cc1. The van der Waals surface area contributed by atoms with Gasteiger partial charge in [-0.3, -0.25) is 14.5 Å². The Bertz CT molecular complexity index is 1340. The fraction of sp³-hybridized carbons (Fsp3) is 0.212. The van der Waals surface area contributed by atoms with E-state index in [2.05, 4.69) is 22.2 Å². The second-order valence-electron chi connectivity index (χ2n) is 9.59. The number of benzene rings is 4. The van der Waals surface area contributed by atoms with Gasteiger partial charge in [-0.25, -0.2) is 0 Å². The van der Waals surface area contributed by atoms with Crippen LogP contribution in [-0.4, -0.2) is 43.8 Å². The molecule has 1 atom stereocenters. The standard InChI is InChI=1S/C33H35N3O2/c1-25(37)32(27-15-8-5-9-16-27)36(3)24-12-23-35(2)29-21-19-28(20-22-29)34-33(38)31-18-11-10-17-30(31)26-13-6-4-7-14-26/h4-11,13-22,32H,12,23-24H2,1-3H3,(H,34,38). The molecule has 0 bridgehead atoms. The number of carbonyl (C=O) groups excluding carboxylic acids is 2. The average Bonchev–Trinajstić information content (AvgIpc) is 2.94. The molecule has 194 valence electrons. The molecule has 5 nitrogen and oxygen atoms in total. The molecule has 4 rings (SSSR count). The first kappa shape index (κ1) is 26.8. The van der Waals surface area contributed by atoms with Gasteiger partial charge in [-0.2, -0.15) is 0 Å². The number of likely N-dealkylation sites (N-methyl/N-ethyl adjacent to an activating group) is 1. The second kappa shape index (κ2) is 12.8. The number of rotatable bonds is 11. The van der Waals surface area contributed by atoms with Crippen LogP contribution in [0, 0.1) is 0 Å². The Morgan fingerprint density at radius 2 is 1.34 bits per heavy atom. The molecule has 0 heterocycles. The Morgan fingerprint density at radius 1 is 0.737 bits per heavy atom. The third-order valence-corrected chi connectivity index (χ3v) is 6.77. The van der Waals surface area contributed by atoms with E-state index < -0.39 is 0 Å². The van der Waals surface area contributed by atoms with Gasteiger partial charge in [-0.1, -0.05) is 78.9 Å². The molecule has 0 saturated heterocycles. The van der Waals surface area contributed by atoms with E-state index in [0.717, 1.165) is 47.6 Å². The lowest BCUT2D eigenvalue weighted by molar-refractivity contribution is -0.121. The zero-order valence-electron chi connectivity index (χ0n) is 22.3. The van der Waals surface area contributed by atoms with Gasteiger partial charge in [0.05, 0.1) is 6.04 Å². The average molecular weight is 506 g/mol. The predicted octanol–water partition coefficient (Wildman–Crippen LogP) is 6.69. The molecule has 4 aromatic rings. The maximum absolute atomic E-state index is 13.1. The maximum atomic E-state index is 13.1. The van der Waals surface area contributed by atoms with E-state index in [4.69, 9.17) is 0 Å². The van der Waals surface area contributed by atoms with Crippen LogP contribution in [0.15, 0.2) is 109 Å². The van der Waals surface area contributed by atoms with Crippen molar-refractivity contribution in [1.29, 1.82) is 0 Å². The molecule has 38 heavy (non-hydrogen) atoms. The van der Waals surface area contributed by atoms with Crippen molar-refractivity contribution in [2.45, 2.75) is 19.4 Å². The molecule has 0 saturated carbocycles. The molecule has 0 aromatic heterocycles. The van der Waals surface area contributed by atoms with E-state index in [0.29, 0.717) is 5.56 Å². The van der Waals surface area contributed by atoms with Gasteiger partial charge in [-0.05, 0) is 67.4 Å². The first-order chi connectivity index (χ1) is 18.4. The molecule has 1 unspecified atom stereocenters. The zero-order valence-corrected chi connectivity index (χ0v) is 22.3. The molecule has 0 aliphatic carbocycles. The summed E-state index contributed by atoms with van der Waals surface area (Å²) in [5.74, 6) is 0.0168. The Morgan fingerprint density at radius 3 is 2.00 bits per heavy atom. The van der Waals surface area contributed by atoms with Gasteiger partial charge in [0.1, 0.15) is 0 Å². The lowest BCUT2D eigenvalue weighted by Crippen LogP contribution is -2.32. The fourth-order valence-corrected chi connectivity index (χ4v) is 4.80. The van der Waals surface area contributed by atoms with E-state index in [9.17, 15) is 9.59 Å². The van der Waals surface area contributed by atoms with Crippen molar-refractivity contribution in [2.24, 2.45) is 0 Å². The molecule has 0 aliphatic rings. The summed E-state index contributed by atoms with van der Waals surface area (Å²) in [6.07, 6.45) is 0.915. The minimum Gasteiger partial charge on any atom is -0.375 e. The number of ketones is 1. The minimum absolute atomic E-state index is 0.132. The lowest BCUT2D eigenvalue weighted by Gasteiger charge is -2.27. The summed E-state index contributed by atoms with van der Waals surface area (Å²) in [7, 11) is 4.07. The van der Waals surface area contributed by atoms with Crippen LogP contribution in [0.2, 0.25) is 0 Å². The number of nitrogens with zero attached hydrogens (tertiary/aromatic N) is 2. The summed E-state index contributed by atoms with van der Waals surface area (Å²) in [6, 6.07) is 35.2. The topological polar surface area (TPSA) is 52.7 Å². The summed E-state index contributed by atoms with van der Waals surface area (Å²) in [5.41, 5.74) is 5.41. The van der Waals surface area contributed by atoms with Crippen molar-refractivity contribution in [3.8, 4) is 11.1 Å². The third kappa shape index (κ3) is 6.75. The molecule has 0 aliphatic heterocycles. The van der Waals surface area contributed by atoms with Crippen molar-refractivity contribution in [3.05, 3.63) is 120 Å². The highest BCUT2D eigenvalue weighted by Crippen LogP contribution is 2.25. The monoisotopic (exact) mass is 505 g/mol. The van der Waals surface area contributed by atoms with Crippen LogP contribution in [0.4, 0.5) is 11.4 Å². The molecule has 4 aromatic carbocycles. The number of amides is 1. The summed E-state index contributed by atoms with van der Waals surface area (Å²) in [5, 5.41) is 3.04. The molecule has 1 amide bonds. The zero-order chi connectivity index (χ0) is 26.9. The molecule has 0 radical (unpaired) electrons. The Kier molecular flexibility index (Phi) is 9.07. The van der Waals surface area contributed by atoms with Crippen molar-refractivity contribution in [3.63, 3.8) is 0 Å². The fourth-order valence-electron chi connectivity index (χ4n) is 4.80. The minimum atomic E-state index is -0.226. The third-order valence-electron chi connectivity index (χ3n) is 6.77. The van der Waals surface area contributed by atoms with Crippen molar-refractivity contribution >= 4 is 23.1 Å². The van der Waals surface area contributed by atoms with E-state index in [1.165, 1.54) is 0 Å². The van der Waals surface area contributed by atoms with E-state index in [1.54, 1.807) is 6.92 Å². The Hall–Kier alpha value is -4.22. The normalized spacial score (nSPS) is 11.7. The van der Waals surface area contributed by atoms with Crippen LogP contribution in [0.5, 0.6) is 0 Å². The number of Topliss-reactive ketones (excluding diaryl/α,β-unsaturated/α-hetero) is 1. The van der Waals surface area contributed by atoms with Crippen molar-refractivity contribution in [2.75, 3.05) is 37.4 Å². The molecule has 0 fully saturated rings. The predicted molar refractivity (Wildman–Crippen MR) is 157 cm³/mol. The number of hydrogen-bond acceptors (Lipinski definition) is 4. The maximum Gasteiger partial charge on any atom is 0.256 e. The summed E-state index contributed by atoms with van der Waals surface area (Å²) in [6.45, 7) is 3.30. The van der Waals surface area contributed by atoms with E-state index in [1.807, 2.05) is 116 Å². The van der Waals surface area contributed by atoms with E-state index in [-0.39, 0.29) is 17.7 Å². The molecular formula is C33H35N3O2. The van der Waals surface area contributed by atoms with Crippen LogP contribution in [0.1, 0.15) is 35.3 Å². The quantitative estimate of drug-likeness (QED) is 0.247. The van der Waals surface area contributed by atoms with Gasteiger partial charge in [-0.15, -0.1) is 0 Å². The van der Waals surface area contributed by atoms with Gasteiger partial charge in [0.15, 0.2) is 5.78 Å². The summed E-state index contributed by atoms with van der Waals surface area (Å²) < 4.78 is 0. The van der Waals surface area contributed by atoms with Crippen LogP contribution >= 0.6 is 0 Å². The van der Waals surface area contributed by atoms with Crippen LogP contribution in [0.25, 0.3) is 11.1 Å². The van der Waals surface area contributed by atoms with Gasteiger partial charge in [0.25, 0.3) is 5.91 Å². The first-order valence-corrected chi connectivity index (χ1v) is 13.0. The van der Waals surface area contributed by atoms with Gasteiger partial charge < -0.3 is 10.2 Å². The molecular weight excluding hydrogens is 470 g/mol. The van der Waals surface area contributed by atoms with Crippen LogP contribution in [-0.2, 0) is 4.79 Å². The number of carbonyl (C=O) groups is 2. The smallest absolute Gasteiger partial charge is 0.256 e. The number of nitrogens with one attached hydrogen (secondary N) is 1. The Labute approximate surface area is 225 Å². The van der Waals surface area contributed by atoms with Crippen LogP contribution in [0.3, 0.4) is 0 Å².